The lowest BCUT2D eigenvalue weighted by atomic mass is 9.66. The monoisotopic (exact) mass is 171 g/mol. The summed E-state index contributed by atoms with van der Waals surface area (Å²) in [5.41, 5.74) is -0.0710. The Hall–Kier alpha value is -0.770. The molecule has 0 bridgehead atoms. The van der Waals surface area contributed by atoms with Crippen LogP contribution in [0.1, 0.15) is 19.3 Å². The predicted octanol–water partition coefficient (Wildman–Crippen LogP) is 0.511. The Bertz CT molecular complexity index is 218. The van der Waals surface area contributed by atoms with Crippen molar-refractivity contribution < 1.29 is 15.0 Å². The van der Waals surface area contributed by atoms with Crippen molar-refractivity contribution in [2.75, 3.05) is 13.1 Å². The van der Waals surface area contributed by atoms with E-state index in [9.17, 15) is 9.90 Å². The lowest BCUT2D eigenvalue weighted by Crippen LogP contribution is -2.47. The summed E-state index contributed by atoms with van der Waals surface area (Å²) in [6.45, 7) is 1.12. The lowest BCUT2D eigenvalue weighted by molar-refractivity contribution is -0.0553. The minimum Gasteiger partial charge on any atom is -0.465 e. The Morgan fingerprint density at radius 2 is 2.25 bits per heavy atom. The molecule has 2 fully saturated rings. The first-order valence-electron chi connectivity index (χ1n) is 4.30. The molecule has 2 aliphatic rings. The van der Waals surface area contributed by atoms with Crippen molar-refractivity contribution in [1.29, 1.82) is 0 Å². The van der Waals surface area contributed by atoms with Crippen LogP contribution in [0.4, 0.5) is 4.79 Å². The zero-order valence-electron chi connectivity index (χ0n) is 6.86. The minimum absolute atomic E-state index is 0.0710. The molecule has 12 heavy (non-hydrogen) atoms. The molecule has 4 heteroatoms. The molecule has 1 saturated carbocycles. The van der Waals surface area contributed by atoms with E-state index in [1.165, 1.54) is 4.90 Å². The average Bonchev–Trinajstić information content (AvgIpc) is 2.48. The number of rotatable bonds is 0. The number of carbonyl (C=O) groups is 1. The van der Waals surface area contributed by atoms with E-state index in [2.05, 4.69) is 0 Å². The molecule has 0 radical (unpaired) electrons. The van der Waals surface area contributed by atoms with Crippen molar-refractivity contribution in [3.05, 3.63) is 0 Å². The Morgan fingerprint density at radius 3 is 2.50 bits per heavy atom. The highest BCUT2D eigenvalue weighted by molar-refractivity contribution is 5.65. The first kappa shape index (κ1) is 7.86. The van der Waals surface area contributed by atoms with E-state index in [1.807, 2.05) is 0 Å². The Morgan fingerprint density at radius 1 is 1.50 bits per heavy atom. The molecule has 1 heterocycles. The van der Waals surface area contributed by atoms with Gasteiger partial charge in [-0.15, -0.1) is 0 Å². The Labute approximate surface area is 70.8 Å². The normalized spacial score (nSPS) is 40.1. The molecule has 0 aromatic carbocycles. The van der Waals surface area contributed by atoms with Gasteiger partial charge < -0.3 is 15.1 Å². The lowest BCUT2D eigenvalue weighted by Gasteiger charge is -2.43. The maximum absolute atomic E-state index is 10.6. The number of aliphatic hydroxyl groups is 1. The van der Waals surface area contributed by atoms with Gasteiger partial charge in [0.05, 0.1) is 6.10 Å². The topological polar surface area (TPSA) is 60.8 Å². The highest BCUT2D eigenvalue weighted by Gasteiger charge is 2.51. The van der Waals surface area contributed by atoms with Crippen LogP contribution in [0.25, 0.3) is 0 Å². The Balaban J connectivity index is 2.02. The van der Waals surface area contributed by atoms with Gasteiger partial charge >= 0.3 is 6.09 Å². The highest BCUT2D eigenvalue weighted by atomic mass is 16.4. The molecule has 1 spiro atoms. The number of carboxylic acid groups (broad SMARTS) is 1. The van der Waals surface area contributed by atoms with Crippen molar-refractivity contribution >= 4 is 6.09 Å². The number of hydrogen-bond donors (Lipinski definition) is 2. The van der Waals surface area contributed by atoms with E-state index >= 15 is 0 Å². The van der Waals surface area contributed by atoms with Crippen molar-refractivity contribution in [2.45, 2.75) is 25.4 Å². The summed E-state index contributed by atoms with van der Waals surface area (Å²) < 4.78 is 0. The number of likely N-dealkylation sites (tertiary alicyclic amines) is 1. The second-order valence-electron chi connectivity index (χ2n) is 3.87. The largest absolute Gasteiger partial charge is 0.465 e. The van der Waals surface area contributed by atoms with Gasteiger partial charge in [-0.1, -0.05) is 0 Å². The van der Waals surface area contributed by atoms with Gasteiger partial charge in [-0.3, -0.25) is 0 Å². The molecular formula is C8H13NO3. The van der Waals surface area contributed by atoms with Gasteiger partial charge in [0.2, 0.25) is 0 Å². The van der Waals surface area contributed by atoms with Crippen LogP contribution in [0.5, 0.6) is 0 Å². The molecule has 1 aliphatic carbocycles. The number of nitrogens with zero attached hydrogens (tertiary/aromatic N) is 1. The van der Waals surface area contributed by atoms with Gasteiger partial charge in [-0.25, -0.2) is 4.79 Å². The molecular weight excluding hydrogens is 158 g/mol. The van der Waals surface area contributed by atoms with E-state index < -0.39 is 6.09 Å². The molecule has 1 amide bonds. The van der Waals surface area contributed by atoms with E-state index in [0.29, 0.717) is 13.1 Å². The standard InChI is InChI=1S/C8H13NO3/c10-6-1-2-8(6)3-4-9(5-8)7(11)12/h6,10H,1-5H2,(H,11,12). The van der Waals surface area contributed by atoms with Gasteiger partial charge in [0.15, 0.2) is 0 Å². The van der Waals surface area contributed by atoms with Crippen LogP contribution in [0, 0.1) is 5.41 Å². The van der Waals surface area contributed by atoms with Gasteiger partial charge in [0.1, 0.15) is 0 Å². The van der Waals surface area contributed by atoms with Crippen molar-refractivity contribution in [1.82, 2.24) is 4.90 Å². The summed E-state index contributed by atoms with van der Waals surface area (Å²) in [5.74, 6) is 0. The van der Waals surface area contributed by atoms with Crippen LogP contribution in [-0.4, -0.2) is 40.4 Å². The summed E-state index contributed by atoms with van der Waals surface area (Å²) in [5, 5.41) is 18.2. The summed E-state index contributed by atoms with van der Waals surface area (Å²) in [4.78, 5) is 12.0. The third-order valence-corrected chi connectivity index (χ3v) is 3.28. The quantitative estimate of drug-likeness (QED) is 0.558. The first-order chi connectivity index (χ1) is 5.64. The smallest absolute Gasteiger partial charge is 0.407 e. The van der Waals surface area contributed by atoms with E-state index in [4.69, 9.17) is 5.11 Å². The van der Waals surface area contributed by atoms with Gasteiger partial charge in [0.25, 0.3) is 0 Å². The minimum atomic E-state index is -0.856. The zero-order valence-corrected chi connectivity index (χ0v) is 6.86. The summed E-state index contributed by atoms with van der Waals surface area (Å²) in [6.07, 6.45) is 1.54. The third kappa shape index (κ3) is 0.909. The van der Waals surface area contributed by atoms with Crippen LogP contribution in [0.2, 0.25) is 0 Å². The van der Waals surface area contributed by atoms with E-state index in [-0.39, 0.29) is 11.5 Å². The van der Waals surface area contributed by atoms with Crippen molar-refractivity contribution in [3.63, 3.8) is 0 Å². The molecule has 2 rings (SSSR count). The van der Waals surface area contributed by atoms with Crippen LogP contribution in [0.15, 0.2) is 0 Å². The molecule has 1 saturated heterocycles. The van der Waals surface area contributed by atoms with Gasteiger partial charge in [-0.2, -0.15) is 0 Å². The predicted molar refractivity (Wildman–Crippen MR) is 41.9 cm³/mol. The third-order valence-electron chi connectivity index (χ3n) is 3.28. The second kappa shape index (κ2) is 2.36. The fraction of sp³-hybridized carbons (Fsp3) is 0.875. The maximum Gasteiger partial charge on any atom is 0.407 e. The molecule has 2 unspecified atom stereocenters. The van der Waals surface area contributed by atoms with E-state index in [0.717, 1.165) is 19.3 Å². The molecule has 4 nitrogen and oxygen atoms in total. The van der Waals surface area contributed by atoms with Gasteiger partial charge in [-0.05, 0) is 19.3 Å². The Kier molecular flexibility index (Phi) is 1.54. The molecule has 68 valence electrons. The molecule has 1 aliphatic heterocycles. The summed E-state index contributed by atoms with van der Waals surface area (Å²) in [7, 11) is 0. The second-order valence-corrected chi connectivity index (χ2v) is 3.87. The van der Waals surface area contributed by atoms with E-state index in [1.54, 1.807) is 0 Å². The number of amides is 1. The molecule has 0 aromatic heterocycles. The van der Waals surface area contributed by atoms with Crippen molar-refractivity contribution in [2.24, 2.45) is 5.41 Å². The highest BCUT2D eigenvalue weighted by Crippen LogP contribution is 2.48. The van der Waals surface area contributed by atoms with Crippen LogP contribution in [-0.2, 0) is 0 Å². The zero-order chi connectivity index (χ0) is 8.77. The average molecular weight is 171 g/mol. The number of aliphatic hydroxyl groups excluding tert-OH is 1. The van der Waals surface area contributed by atoms with Crippen molar-refractivity contribution in [3.8, 4) is 0 Å². The molecule has 2 N–H and O–H groups in total. The summed E-state index contributed by atoms with van der Waals surface area (Å²) in [6, 6.07) is 0. The van der Waals surface area contributed by atoms with Crippen LogP contribution < -0.4 is 0 Å². The molecule has 0 aromatic rings. The first-order valence-corrected chi connectivity index (χ1v) is 4.30. The number of hydrogen-bond acceptors (Lipinski definition) is 2. The maximum atomic E-state index is 10.6. The summed E-state index contributed by atoms with van der Waals surface area (Å²) >= 11 is 0. The van der Waals surface area contributed by atoms with Crippen LogP contribution in [0.3, 0.4) is 0 Å². The fourth-order valence-corrected chi connectivity index (χ4v) is 2.22. The molecule has 2 atom stereocenters. The fourth-order valence-electron chi connectivity index (χ4n) is 2.22. The van der Waals surface area contributed by atoms with Gasteiger partial charge in [0, 0.05) is 18.5 Å². The SMILES string of the molecule is O=C(O)N1CCC2(CCC2O)C1. The van der Waals surface area contributed by atoms with Crippen LogP contribution >= 0.6 is 0 Å².